The Balaban J connectivity index is 2.34. The van der Waals surface area contributed by atoms with E-state index in [4.69, 9.17) is 0 Å². The number of hydrogen-bond donors (Lipinski definition) is 1. The van der Waals surface area contributed by atoms with E-state index < -0.39 is 0 Å². The maximum absolute atomic E-state index is 4.40. The van der Waals surface area contributed by atoms with Crippen LogP contribution >= 0.6 is 0 Å². The molecule has 2 aromatic rings. The summed E-state index contributed by atoms with van der Waals surface area (Å²) in [4.78, 5) is 4.40. The lowest BCUT2D eigenvalue weighted by atomic mass is 10.1. The second-order valence-corrected chi connectivity index (χ2v) is 4.16. The molecule has 1 aromatic heterocycles. The summed E-state index contributed by atoms with van der Waals surface area (Å²) in [6.45, 7) is 5.38. The molecule has 2 nitrogen and oxygen atoms in total. The molecule has 0 unspecified atom stereocenters. The molecule has 0 saturated carbocycles. The number of nitrogens with zero attached hydrogens (tertiary/aromatic N) is 1. The van der Waals surface area contributed by atoms with Gasteiger partial charge in [-0.15, -0.1) is 0 Å². The van der Waals surface area contributed by atoms with Gasteiger partial charge in [0.25, 0.3) is 0 Å². The maximum atomic E-state index is 4.40. The molecule has 1 heterocycles. The second kappa shape index (κ2) is 4.30. The first-order valence-electron chi connectivity index (χ1n) is 5.35. The highest BCUT2D eigenvalue weighted by atomic mass is 14.9. The van der Waals surface area contributed by atoms with E-state index in [0.29, 0.717) is 5.92 Å². The molecule has 1 aromatic carbocycles. The zero-order valence-electron chi connectivity index (χ0n) is 9.20. The molecule has 2 heteroatoms. The number of para-hydroxylation sites is 1. The standard InChI is InChI=1S/C13H16N2/c1-10(2)9-15-12-7-3-5-11-6-4-8-14-13(11)12/h3-8,10,15H,9H2,1-2H3. The molecule has 0 aliphatic carbocycles. The summed E-state index contributed by atoms with van der Waals surface area (Å²) in [7, 11) is 0. The minimum Gasteiger partial charge on any atom is -0.383 e. The second-order valence-electron chi connectivity index (χ2n) is 4.16. The van der Waals surface area contributed by atoms with Crippen LogP contribution in [0.4, 0.5) is 5.69 Å². The molecule has 0 aliphatic rings. The van der Waals surface area contributed by atoms with Crippen molar-refractivity contribution >= 4 is 16.6 Å². The molecule has 0 fully saturated rings. The highest BCUT2D eigenvalue weighted by Crippen LogP contribution is 2.20. The largest absolute Gasteiger partial charge is 0.383 e. The Bertz CT molecular complexity index is 444. The van der Waals surface area contributed by atoms with Crippen molar-refractivity contribution in [1.29, 1.82) is 0 Å². The van der Waals surface area contributed by atoms with Crippen molar-refractivity contribution < 1.29 is 0 Å². The molecule has 0 radical (unpaired) electrons. The highest BCUT2D eigenvalue weighted by Gasteiger charge is 2.01. The monoisotopic (exact) mass is 200 g/mol. The summed E-state index contributed by atoms with van der Waals surface area (Å²) >= 11 is 0. The molecule has 0 saturated heterocycles. The minimum atomic E-state index is 0.643. The molecule has 2 rings (SSSR count). The molecule has 0 bridgehead atoms. The average Bonchev–Trinajstić information content (AvgIpc) is 2.26. The number of anilines is 1. The Labute approximate surface area is 90.3 Å². The van der Waals surface area contributed by atoms with Crippen molar-refractivity contribution in [3.05, 3.63) is 36.5 Å². The number of benzene rings is 1. The van der Waals surface area contributed by atoms with Gasteiger partial charge >= 0.3 is 0 Å². The maximum Gasteiger partial charge on any atom is 0.0933 e. The van der Waals surface area contributed by atoms with Crippen molar-refractivity contribution in [3.63, 3.8) is 0 Å². The van der Waals surface area contributed by atoms with Gasteiger partial charge < -0.3 is 5.32 Å². The van der Waals surface area contributed by atoms with Crippen LogP contribution in [0.15, 0.2) is 36.5 Å². The van der Waals surface area contributed by atoms with Gasteiger partial charge in [-0.1, -0.05) is 32.0 Å². The molecule has 0 spiro atoms. The van der Waals surface area contributed by atoms with E-state index in [2.05, 4.69) is 48.4 Å². The zero-order chi connectivity index (χ0) is 10.7. The molecule has 0 aliphatic heterocycles. The fourth-order valence-electron chi connectivity index (χ4n) is 1.56. The number of hydrogen-bond acceptors (Lipinski definition) is 2. The van der Waals surface area contributed by atoms with Crippen molar-refractivity contribution in [2.75, 3.05) is 11.9 Å². The lowest BCUT2D eigenvalue weighted by molar-refractivity contribution is 0.689. The number of rotatable bonds is 3. The van der Waals surface area contributed by atoms with Crippen LogP contribution < -0.4 is 5.32 Å². The van der Waals surface area contributed by atoms with Crippen LogP contribution in [-0.2, 0) is 0 Å². The first kappa shape index (κ1) is 9.97. The van der Waals surface area contributed by atoms with E-state index in [-0.39, 0.29) is 0 Å². The SMILES string of the molecule is CC(C)CNc1cccc2cccnc12. The number of aromatic nitrogens is 1. The topological polar surface area (TPSA) is 24.9 Å². The van der Waals surface area contributed by atoms with Gasteiger partial charge in [0.1, 0.15) is 0 Å². The average molecular weight is 200 g/mol. The lowest BCUT2D eigenvalue weighted by Gasteiger charge is -2.10. The molecule has 0 amide bonds. The van der Waals surface area contributed by atoms with Crippen molar-refractivity contribution in [1.82, 2.24) is 4.98 Å². The van der Waals surface area contributed by atoms with Gasteiger partial charge in [-0.05, 0) is 18.1 Å². The van der Waals surface area contributed by atoms with E-state index in [1.807, 2.05) is 12.3 Å². The summed E-state index contributed by atoms with van der Waals surface area (Å²) in [6.07, 6.45) is 1.84. The molecule has 0 atom stereocenters. The van der Waals surface area contributed by atoms with E-state index in [1.54, 1.807) is 0 Å². The fourth-order valence-corrected chi connectivity index (χ4v) is 1.56. The first-order chi connectivity index (χ1) is 7.27. The van der Waals surface area contributed by atoms with Gasteiger partial charge in [-0.25, -0.2) is 0 Å². The summed E-state index contributed by atoms with van der Waals surface area (Å²) in [5.74, 6) is 0.643. The van der Waals surface area contributed by atoms with Gasteiger partial charge in [0, 0.05) is 18.1 Å². The fraction of sp³-hybridized carbons (Fsp3) is 0.308. The summed E-state index contributed by atoms with van der Waals surface area (Å²) < 4.78 is 0. The summed E-state index contributed by atoms with van der Waals surface area (Å²) in [6, 6.07) is 10.3. The lowest BCUT2D eigenvalue weighted by Crippen LogP contribution is -2.08. The Morgan fingerprint density at radius 2 is 2.00 bits per heavy atom. The molecular formula is C13H16N2. The van der Waals surface area contributed by atoms with Crippen molar-refractivity contribution in [2.24, 2.45) is 5.92 Å². The zero-order valence-corrected chi connectivity index (χ0v) is 9.20. The van der Waals surface area contributed by atoms with Crippen LogP contribution in [0.1, 0.15) is 13.8 Å². The van der Waals surface area contributed by atoms with Gasteiger partial charge in [0.2, 0.25) is 0 Å². The van der Waals surface area contributed by atoms with Gasteiger partial charge in [0.15, 0.2) is 0 Å². The third kappa shape index (κ3) is 2.27. The number of pyridine rings is 1. The summed E-state index contributed by atoms with van der Waals surface area (Å²) in [5.41, 5.74) is 2.18. The van der Waals surface area contributed by atoms with Crippen molar-refractivity contribution in [3.8, 4) is 0 Å². The third-order valence-electron chi connectivity index (χ3n) is 2.33. The van der Waals surface area contributed by atoms with E-state index in [9.17, 15) is 0 Å². The molecule has 78 valence electrons. The normalized spacial score (nSPS) is 10.9. The predicted octanol–water partition coefficient (Wildman–Crippen LogP) is 3.30. The van der Waals surface area contributed by atoms with Gasteiger partial charge in [-0.2, -0.15) is 0 Å². The Hall–Kier alpha value is -1.57. The molecule has 1 N–H and O–H groups in total. The van der Waals surface area contributed by atoms with E-state index in [0.717, 1.165) is 17.7 Å². The quantitative estimate of drug-likeness (QED) is 0.822. The van der Waals surface area contributed by atoms with Crippen LogP contribution in [0.3, 0.4) is 0 Å². The van der Waals surface area contributed by atoms with Crippen molar-refractivity contribution in [2.45, 2.75) is 13.8 Å². The Morgan fingerprint density at radius 1 is 1.20 bits per heavy atom. The Morgan fingerprint density at radius 3 is 2.80 bits per heavy atom. The van der Waals surface area contributed by atoms with Crippen LogP contribution in [0.25, 0.3) is 10.9 Å². The van der Waals surface area contributed by atoms with Crippen LogP contribution in [0.5, 0.6) is 0 Å². The predicted molar refractivity (Wildman–Crippen MR) is 65.1 cm³/mol. The van der Waals surface area contributed by atoms with Crippen LogP contribution in [-0.4, -0.2) is 11.5 Å². The summed E-state index contributed by atoms with van der Waals surface area (Å²) in [5, 5.41) is 4.61. The van der Waals surface area contributed by atoms with Crippen LogP contribution in [0, 0.1) is 5.92 Å². The number of fused-ring (bicyclic) bond motifs is 1. The van der Waals surface area contributed by atoms with Gasteiger partial charge in [0.05, 0.1) is 11.2 Å². The first-order valence-corrected chi connectivity index (χ1v) is 5.35. The smallest absolute Gasteiger partial charge is 0.0933 e. The van der Waals surface area contributed by atoms with E-state index in [1.165, 1.54) is 5.39 Å². The Kier molecular flexibility index (Phi) is 2.86. The van der Waals surface area contributed by atoms with Gasteiger partial charge in [-0.3, -0.25) is 4.98 Å². The number of nitrogens with one attached hydrogen (secondary N) is 1. The molecule has 15 heavy (non-hydrogen) atoms. The van der Waals surface area contributed by atoms with Crippen LogP contribution in [0.2, 0.25) is 0 Å². The molecular weight excluding hydrogens is 184 g/mol. The highest BCUT2D eigenvalue weighted by molar-refractivity contribution is 5.90. The minimum absolute atomic E-state index is 0.643. The van der Waals surface area contributed by atoms with E-state index >= 15 is 0 Å². The third-order valence-corrected chi connectivity index (χ3v) is 2.33.